The van der Waals surface area contributed by atoms with Crippen LogP contribution in [-0.4, -0.2) is 12.6 Å². The molecule has 0 saturated heterocycles. The Balaban J connectivity index is 2.08. The molecule has 0 radical (unpaired) electrons. The van der Waals surface area contributed by atoms with Gasteiger partial charge in [0.05, 0.1) is 6.61 Å². The van der Waals surface area contributed by atoms with E-state index in [-0.39, 0.29) is 5.97 Å². The van der Waals surface area contributed by atoms with E-state index in [1.807, 2.05) is 0 Å². The minimum Gasteiger partial charge on any atom is -0.466 e. The van der Waals surface area contributed by atoms with Gasteiger partial charge in [-0.25, -0.2) is 0 Å². The molecule has 1 aliphatic carbocycles. The number of esters is 1. The molecule has 118 valence electrons. The molecule has 0 aromatic heterocycles. The number of carbonyl (C=O) groups excluding carboxylic acids is 1. The molecule has 0 bridgehead atoms. The van der Waals surface area contributed by atoms with Crippen LogP contribution >= 0.6 is 0 Å². The molecule has 1 aliphatic rings. The highest BCUT2D eigenvalue weighted by atomic mass is 16.5. The first kappa shape index (κ1) is 17.5. The average molecular weight is 282 g/mol. The monoisotopic (exact) mass is 282 g/mol. The second-order valence-electron chi connectivity index (χ2n) is 6.55. The lowest BCUT2D eigenvalue weighted by Crippen LogP contribution is -2.25. The van der Waals surface area contributed by atoms with Crippen LogP contribution in [0.4, 0.5) is 0 Å². The van der Waals surface area contributed by atoms with E-state index in [1.54, 1.807) is 0 Å². The molecule has 0 heterocycles. The smallest absolute Gasteiger partial charge is 0.305 e. The summed E-state index contributed by atoms with van der Waals surface area (Å²) in [5, 5.41) is 0. The fourth-order valence-electron chi connectivity index (χ4n) is 3.41. The van der Waals surface area contributed by atoms with E-state index in [9.17, 15) is 4.79 Å². The van der Waals surface area contributed by atoms with Crippen LogP contribution in [0.1, 0.15) is 97.3 Å². The summed E-state index contributed by atoms with van der Waals surface area (Å²) in [6, 6.07) is 0. The molecule has 1 saturated carbocycles. The molecule has 20 heavy (non-hydrogen) atoms. The molecule has 1 fully saturated rings. The zero-order chi connectivity index (χ0) is 14.7. The van der Waals surface area contributed by atoms with Gasteiger partial charge in [-0.15, -0.1) is 0 Å². The number of hydrogen-bond donors (Lipinski definition) is 0. The van der Waals surface area contributed by atoms with Crippen LogP contribution in [0.3, 0.4) is 0 Å². The quantitative estimate of drug-likeness (QED) is 0.383. The van der Waals surface area contributed by atoms with Gasteiger partial charge >= 0.3 is 5.97 Å². The van der Waals surface area contributed by atoms with Crippen LogP contribution in [0, 0.1) is 5.41 Å². The van der Waals surface area contributed by atoms with E-state index in [0.29, 0.717) is 18.4 Å². The number of unbranched alkanes of at least 4 members (excludes halogenated alkanes) is 4. The highest BCUT2D eigenvalue weighted by molar-refractivity contribution is 5.69. The van der Waals surface area contributed by atoms with Crippen LogP contribution in [0.5, 0.6) is 0 Å². The summed E-state index contributed by atoms with van der Waals surface area (Å²) in [5.41, 5.74) is 0.472. The first-order valence-electron chi connectivity index (χ1n) is 8.88. The van der Waals surface area contributed by atoms with E-state index in [1.165, 1.54) is 64.2 Å². The van der Waals surface area contributed by atoms with Gasteiger partial charge in [-0.1, -0.05) is 65.2 Å². The Kier molecular flexibility index (Phi) is 8.97. The van der Waals surface area contributed by atoms with E-state index < -0.39 is 0 Å². The number of hydrogen-bond acceptors (Lipinski definition) is 2. The van der Waals surface area contributed by atoms with Crippen LogP contribution in [0.25, 0.3) is 0 Å². The third-order valence-corrected chi connectivity index (χ3v) is 5.04. The first-order valence-corrected chi connectivity index (χ1v) is 8.88. The maximum Gasteiger partial charge on any atom is 0.305 e. The Morgan fingerprint density at radius 2 is 1.70 bits per heavy atom. The van der Waals surface area contributed by atoms with Gasteiger partial charge in [0.2, 0.25) is 0 Å². The zero-order valence-electron chi connectivity index (χ0n) is 13.7. The largest absolute Gasteiger partial charge is 0.466 e. The van der Waals surface area contributed by atoms with Gasteiger partial charge in [0.15, 0.2) is 0 Å². The SMILES string of the molecule is CCCCCCCC(=O)OCCC1(CC)CCCCC1. The second kappa shape index (κ2) is 10.2. The van der Waals surface area contributed by atoms with E-state index in [4.69, 9.17) is 4.74 Å². The van der Waals surface area contributed by atoms with Crippen molar-refractivity contribution in [3.05, 3.63) is 0 Å². The van der Waals surface area contributed by atoms with Gasteiger partial charge in [-0.3, -0.25) is 4.79 Å². The summed E-state index contributed by atoms with van der Waals surface area (Å²) in [6.07, 6.45) is 15.7. The fourth-order valence-corrected chi connectivity index (χ4v) is 3.41. The number of rotatable bonds is 10. The Morgan fingerprint density at radius 1 is 1.00 bits per heavy atom. The van der Waals surface area contributed by atoms with E-state index >= 15 is 0 Å². The van der Waals surface area contributed by atoms with Crippen LogP contribution in [0.15, 0.2) is 0 Å². The molecule has 0 N–H and O–H groups in total. The fraction of sp³-hybridized carbons (Fsp3) is 0.944. The molecule has 0 spiro atoms. The molecule has 0 aromatic carbocycles. The van der Waals surface area contributed by atoms with Crippen molar-refractivity contribution in [2.45, 2.75) is 97.3 Å². The van der Waals surface area contributed by atoms with E-state index in [2.05, 4.69) is 13.8 Å². The van der Waals surface area contributed by atoms with Crippen molar-refractivity contribution in [2.24, 2.45) is 5.41 Å². The van der Waals surface area contributed by atoms with Crippen molar-refractivity contribution in [1.29, 1.82) is 0 Å². The molecule has 1 rings (SSSR count). The molecule has 2 nitrogen and oxygen atoms in total. The molecule has 0 aliphatic heterocycles. The maximum absolute atomic E-state index is 11.7. The molecule has 0 aromatic rings. The second-order valence-corrected chi connectivity index (χ2v) is 6.55. The normalized spacial score (nSPS) is 17.9. The summed E-state index contributed by atoms with van der Waals surface area (Å²) >= 11 is 0. The molecule has 0 amide bonds. The lowest BCUT2D eigenvalue weighted by atomic mass is 9.70. The third kappa shape index (κ3) is 6.76. The van der Waals surface area contributed by atoms with Crippen LogP contribution in [-0.2, 0) is 9.53 Å². The first-order chi connectivity index (χ1) is 9.72. The minimum absolute atomic E-state index is 0.0172. The van der Waals surface area contributed by atoms with Gasteiger partial charge in [0, 0.05) is 6.42 Å². The Morgan fingerprint density at radius 3 is 2.35 bits per heavy atom. The Bertz CT molecular complexity index is 254. The van der Waals surface area contributed by atoms with Crippen LogP contribution in [0.2, 0.25) is 0 Å². The highest BCUT2D eigenvalue weighted by Crippen LogP contribution is 2.41. The highest BCUT2D eigenvalue weighted by Gasteiger charge is 2.29. The third-order valence-electron chi connectivity index (χ3n) is 5.04. The molecule has 0 unspecified atom stereocenters. The van der Waals surface area contributed by atoms with Gasteiger partial charge < -0.3 is 4.74 Å². The van der Waals surface area contributed by atoms with Crippen molar-refractivity contribution in [3.8, 4) is 0 Å². The van der Waals surface area contributed by atoms with Gasteiger partial charge in [-0.2, -0.15) is 0 Å². The molecular weight excluding hydrogens is 248 g/mol. The summed E-state index contributed by atoms with van der Waals surface area (Å²) in [4.78, 5) is 11.7. The summed E-state index contributed by atoms with van der Waals surface area (Å²) in [6.45, 7) is 5.14. The summed E-state index contributed by atoms with van der Waals surface area (Å²) in [5.74, 6) is 0.0172. The lowest BCUT2D eigenvalue weighted by molar-refractivity contribution is -0.144. The van der Waals surface area contributed by atoms with Crippen molar-refractivity contribution in [2.75, 3.05) is 6.61 Å². The number of carbonyl (C=O) groups is 1. The van der Waals surface area contributed by atoms with Gasteiger partial charge in [0.1, 0.15) is 0 Å². The standard InChI is InChI=1S/C18H34O2/c1-3-5-6-7-9-12-17(19)20-16-15-18(4-2)13-10-8-11-14-18/h3-16H2,1-2H3. The van der Waals surface area contributed by atoms with Crippen molar-refractivity contribution in [3.63, 3.8) is 0 Å². The summed E-state index contributed by atoms with van der Waals surface area (Å²) in [7, 11) is 0. The topological polar surface area (TPSA) is 26.3 Å². The molecule has 2 heteroatoms. The van der Waals surface area contributed by atoms with Gasteiger partial charge in [-0.05, 0) is 31.1 Å². The molecule has 0 atom stereocenters. The van der Waals surface area contributed by atoms with Gasteiger partial charge in [0.25, 0.3) is 0 Å². The lowest BCUT2D eigenvalue weighted by Gasteiger charge is -2.36. The minimum atomic E-state index is 0.0172. The predicted molar refractivity (Wildman–Crippen MR) is 84.8 cm³/mol. The molecular formula is C18H34O2. The van der Waals surface area contributed by atoms with Crippen molar-refractivity contribution >= 4 is 5.97 Å². The Hall–Kier alpha value is -0.530. The predicted octanol–water partition coefficient (Wildman–Crippen LogP) is 5.64. The maximum atomic E-state index is 11.7. The average Bonchev–Trinajstić information content (AvgIpc) is 2.48. The van der Waals surface area contributed by atoms with Crippen molar-refractivity contribution in [1.82, 2.24) is 0 Å². The number of ether oxygens (including phenoxy) is 1. The zero-order valence-corrected chi connectivity index (χ0v) is 13.7. The van der Waals surface area contributed by atoms with E-state index in [0.717, 1.165) is 12.8 Å². The Labute approximate surface area is 125 Å². The van der Waals surface area contributed by atoms with Crippen LogP contribution < -0.4 is 0 Å². The van der Waals surface area contributed by atoms with Crippen molar-refractivity contribution < 1.29 is 9.53 Å². The summed E-state index contributed by atoms with van der Waals surface area (Å²) < 4.78 is 5.44.